The lowest BCUT2D eigenvalue weighted by Crippen LogP contribution is -2.44. The van der Waals surface area contributed by atoms with Crippen LogP contribution in [-0.4, -0.2) is 72.5 Å². The third-order valence-corrected chi connectivity index (χ3v) is 5.87. The molecule has 1 unspecified atom stereocenters. The number of amides is 2. The summed E-state index contributed by atoms with van der Waals surface area (Å²) in [7, 11) is 0. The van der Waals surface area contributed by atoms with Crippen molar-refractivity contribution in [3.05, 3.63) is 72.9 Å². The van der Waals surface area contributed by atoms with E-state index in [-0.39, 0.29) is 31.9 Å². The minimum Gasteiger partial charge on any atom is -0.463 e. The molecule has 4 N–H and O–H groups in total. The molecule has 0 aromatic rings. The van der Waals surface area contributed by atoms with E-state index in [0.29, 0.717) is 19.3 Å². The van der Waals surface area contributed by atoms with Crippen molar-refractivity contribution in [2.24, 2.45) is 0 Å². The van der Waals surface area contributed by atoms with Crippen molar-refractivity contribution in [3.8, 4) is 0 Å². The molecule has 10 nitrogen and oxygen atoms in total. The van der Waals surface area contributed by atoms with Gasteiger partial charge in [-0.15, -0.1) is 0 Å². The first kappa shape index (κ1) is 40.2. The molecule has 0 bridgehead atoms. The van der Waals surface area contributed by atoms with E-state index in [4.69, 9.17) is 9.47 Å². The Labute approximate surface area is 262 Å². The van der Waals surface area contributed by atoms with Gasteiger partial charge in [-0.05, 0) is 64.7 Å². The van der Waals surface area contributed by atoms with Gasteiger partial charge in [0.25, 0.3) is 0 Å². The van der Waals surface area contributed by atoms with Crippen LogP contribution in [0.3, 0.4) is 0 Å². The molecule has 0 fully saturated rings. The summed E-state index contributed by atoms with van der Waals surface area (Å²) in [5, 5.41) is 23.7. The highest BCUT2D eigenvalue weighted by atomic mass is 16.6. The molecule has 10 heteroatoms. The van der Waals surface area contributed by atoms with E-state index in [1.54, 1.807) is 6.92 Å². The van der Waals surface area contributed by atoms with Gasteiger partial charge in [0.05, 0.1) is 19.8 Å². The van der Waals surface area contributed by atoms with E-state index in [0.717, 1.165) is 44.3 Å². The molecule has 0 radical (unpaired) electrons. The van der Waals surface area contributed by atoms with Crippen molar-refractivity contribution in [3.63, 3.8) is 0 Å². The minimum absolute atomic E-state index is 0.158. The van der Waals surface area contributed by atoms with Crippen LogP contribution in [0.4, 0.5) is 0 Å². The van der Waals surface area contributed by atoms with Crippen LogP contribution in [0, 0.1) is 0 Å². The summed E-state index contributed by atoms with van der Waals surface area (Å²) in [5.41, 5.74) is 0. The van der Waals surface area contributed by atoms with Crippen molar-refractivity contribution >= 4 is 23.8 Å². The predicted molar refractivity (Wildman–Crippen MR) is 172 cm³/mol. The maximum absolute atomic E-state index is 12.6. The Morgan fingerprint density at radius 3 is 1.86 bits per heavy atom. The molecular weight excluding hydrogens is 564 g/mol. The molecule has 44 heavy (non-hydrogen) atoms. The van der Waals surface area contributed by atoms with Crippen LogP contribution in [0.5, 0.6) is 0 Å². The highest BCUT2D eigenvalue weighted by molar-refractivity contribution is 5.94. The molecule has 0 aliphatic rings. The van der Waals surface area contributed by atoms with E-state index >= 15 is 0 Å². The Morgan fingerprint density at radius 2 is 1.32 bits per heavy atom. The summed E-state index contributed by atoms with van der Waals surface area (Å²) in [6.45, 7) is 3.05. The number of rotatable bonds is 25. The van der Waals surface area contributed by atoms with Gasteiger partial charge in [0.15, 0.2) is 0 Å². The summed E-state index contributed by atoms with van der Waals surface area (Å²) < 4.78 is 9.79. The number of allylic oxidation sites excluding steroid dienone is 10. The third kappa shape index (κ3) is 24.8. The van der Waals surface area contributed by atoms with Gasteiger partial charge >= 0.3 is 11.9 Å². The van der Waals surface area contributed by atoms with Gasteiger partial charge in [0.2, 0.25) is 11.8 Å². The molecule has 0 rings (SSSR count). The lowest BCUT2D eigenvalue weighted by atomic mass is 10.1. The average molecular weight is 617 g/mol. The van der Waals surface area contributed by atoms with E-state index in [1.165, 1.54) is 0 Å². The molecule has 0 aromatic heterocycles. The number of ether oxygens (including phenoxy) is 2. The number of aliphatic hydroxyl groups excluding tert-OH is 2. The highest BCUT2D eigenvalue weighted by Crippen LogP contribution is 2.06. The molecule has 0 aromatic carbocycles. The maximum Gasteiger partial charge on any atom is 0.330 e. The Balaban J connectivity index is 4.45. The summed E-state index contributed by atoms with van der Waals surface area (Å²) in [6.07, 6.45) is 28.9. The predicted octanol–water partition coefficient (Wildman–Crippen LogP) is 4.31. The zero-order chi connectivity index (χ0) is 32.7. The lowest BCUT2D eigenvalue weighted by molar-refractivity contribution is -0.157. The van der Waals surface area contributed by atoms with E-state index in [2.05, 4.69) is 66.2 Å². The second-order valence-electron chi connectivity index (χ2n) is 9.66. The quantitative estimate of drug-likeness (QED) is 0.0513. The molecular formula is C34H52N2O8. The number of unbranched alkanes of at least 4 members (excludes halogenated alkanes) is 1. The van der Waals surface area contributed by atoms with Gasteiger partial charge in [-0.2, -0.15) is 0 Å². The number of nitrogens with one attached hydrogen (secondary N) is 2. The zero-order valence-corrected chi connectivity index (χ0v) is 26.3. The number of esters is 2. The molecule has 0 aliphatic heterocycles. The molecule has 0 saturated heterocycles. The van der Waals surface area contributed by atoms with Crippen molar-refractivity contribution < 1.29 is 38.9 Å². The van der Waals surface area contributed by atoms with Gasteiger partial charge in [-0.25, -0.2) is 9.59 Å². The topological polar surface area (TPSA) is 151 Å². The number of hydrogen-bond donors (Lipinski definition) is 4. The molecule has 246 valence electrons. The largest absolute Gasteiger partial charge is 0.463 e. The van der Waals surface area contributed by atoms with Crippen molar-refractivity contribution in [2.45, 2.75) is 90.2 Å². The Hall–Kier alpha value is -3.76. The fraction of sp³-hybridized carbons (Fsp3) is 0.529. The van der Waals surface area contributed by atoms with Crippen LogP contribution < -0.4 is 10.6 Å². The number of carbonyl (C=O) groups excluding carboxylic acids is 4. The number of hydrogen-bond acceptors (Lipinski definition) is 8. The van der Waals surface area contributed by atoms with Crippen LogP contribution in [0.25, 0.3) is 0 Å². The van der Waals surface area contributed by atoms with Crippen LogP contribution >= 0.6 is 0 Å². The SMILES string of the molecule is CCC=CCC=CCC=CCC=CCC=CCCCC(=O)NC(CCCNC(=O)C=CC(=O)OCC)C(=O)OC(CO)CO. The average Bonchev–Trinajstić information content (AvgIpc) is 3.01. The van der Waals surface area contributed by atoms with Crippen LogP contribution in [-0.2, 0) is 28.7 Å². The smallest absolute Gasteiger partial charge is 0.330 e. The van der Waals surface area contributed by atoms with Gasteiger partial charge in [0, 0.05) is 25.1 Å². The van der Waals surface area contributed by atoms with Crippen molar-refractivity contribution in [1.82, 2.24) is 10.6 Å². The monoisotopic (exact) mass is 616 g/mol. The van der Waals surface area contributed by atoms with Gasteiger partial charge in [-0.3, -0.25) is 9.59 Å². The van der Waals surface area contributed by atoms with Gasteiger partial charge in [-0.1, -0.05) is 67.7 Å². The summed E-state index contributed by atoms with van der Waals surface area (Å²) >= 11 is 0. The summed E-state index contributed by atoms with van der Waals surface area (Å²) in [6, 6.07) is -1.01. The number of aliphatic hydroxyl groups is 2. The Kier molecular flexibility index (Phi) is 26.8. The van der Waals surface area contributed by atoms with Crippen molar-refractivity contribution in [1.29, 1.82) is 0 Å². The fourth-order valence-corrected chi connectivity index (χ4v) is 3.55. The number of carbonyl (C=O) groups is 4. The molecule has 0 aliphatic carbocycles. The van der Waals surface area contributed by atoms with Crippen LogP contribution in [0.2, 0.25) is 0 Å². The molecule has 2 amide bonds. The second kappa shape index (κ2) is 29.3. The molecule has 0 spiro atoms. The standard InChI is InChI=1S/C34H52N2O8/c1-3-5-6-7-8-9-10-11-12-13-14-15-16-17-18-19-20-23-32(40)36-30(34(42)44-29(27-37)28-38)22-21-26-35-31(39)24-25-33(41)43-4-2/h5-6,8-9,11-12,14-15,17-18,24-25,29-30,37-38H,3-4,7,10,13,16,19-23,26-28H2,1-2H3,(H,35,39)(H,36,40). The third-order valence-electron chi connectivity index (χ3n) is 5.87. The first-order valence-electron chi connectivity index (χ1n) is 15.5. The summed E-state index contributed by atoms with van der Waals surface area (Å²) in [4.78, 5) is 48.2. The normalized spacial score (nSPS) is 12.8. The van der Waals surface area contributed by atoms with E-state index in [9.17, 15) is 29.4 Å². The fourth-order valence-electron chi connectivity index (χ4n) is 3.55. The van der Waals surface area contributed by atoms with Gasteiger partial charge in [0.1, 0.15) is 12.1 Å². The second-order valence-corrected chi connectivity index (χ2v) is 9.66. The van der Waals surface area contributed by atoms with E-state index in [1.807, 2.05) is 12.2 Å². The first-order chi connectivity index (χ1) is 21.4. The summed E-state index contributed by atoms with van der Waals surface area (Å²) in [5.74, 6) is -2.24. The molecule has 1 atom stereocenters. The molecule has 0 saturated carbocycles. The lowest BCUT2D eigenvalue weighted by Gasteiger charge is -2.20. The molecule has 0 heterocycles. The zero-order valence-electron chi connectivity index (χ0n) is 26.3. The minimum atomic E-state index is -1.09. The van der Waals surface area contributed by atoms with Crippen molar-refractivity contribution in [2.75, 3.05) is 26.4 Å². The Morgan fingerprint density at radius 1 is 0.750 bits per heavy atom. The highest BCUT2D eigenvalue weighted by Gasteiger charge is 2.24. The van der Waals surface area contributed by atoms with Crippen LogP contribution in [0.1, 0.15) is 78.1 Å². The van der Waals surface area contributed by atoms with E-state index < -0.39 is 43.2 Å². The first-order valence-corrected chi connectivity index (χ1v) is 15.5. The van der Waals surface area contributed by atoms with Gasteiger partial charge < -0.3 is 30.3 Å². The maximum atomic E-state index is 12.6. The van der Waals surface area contributed by atoms with Crippen LogP contribution in [0.15, 0.2) is 72.9 Å². The Bertz CT molecular complexity index is 978.